The van der Waals surface area contributed by atoms with Gasteiger partial charge in [-0.1, -0.05) is 13.8 Å². The predicted octanol–water partition coefficient (Wildman–Crippen LogP) is 0.276. The van der Waals surface area contributed by atoms with E-state index in [-0.39, 0.29) is 10.4 Å². The number of aromatic nitrogens is 2. The maximum absolute atomic E-state index is 11.8. The Balaban J connectivity index is 2.62. The Morgan fingerprint density at radius 1 is 1.47 bits per heavy atom. The molecule has 1 aromatic rings. The minimum Gasteiger partial charge on any atom is -0.309 e. The Hall–Kier alpha value is -0.920. The van der Waals surface area contributed by atoms with E-state index in [1.54, 1.807) is 0 Å². The molecule has 1 heterocycles. The summed E-state index contributed by atoms with van der Waals surface area (Å²) in [6.07, 6.45) is 1.42. The maximum Gasteiger partial charge on any atom is 0.257 e. The third-order valence-corrected chi connectivity index (χ3v) is 3.58. The second-order valence-corrected chi connectivity index (χ2v) is 6.88. The van der Waals surface area contributed by atoms with E-state index in [0.717, 1.165) is 6.54 Å². The molecule has 0 saturated carbocycles. The topological polar surface area (TPSA) is 78.1 Å². The van der Waals surface area contributed by atoms with Gasteiger partial charge in [0.25, 0.3) is 10.0 Å². The SMILES string of the molecule is CN(C)CC(C)(C)CNS(=O)(=O)c1ccn[nH]1. The van der Waals surface area contributed by atoms with Crippen molar-refractivity contribution in [2.75, 3.05) is 27.2 Å². The van der Waals surface area contributed by atoms with Crippen molar-refractivity contribution in [3.8, 4) is 0 Å². The summed E-state index contributed by atoms with van der Waals surface area (Å²) in [7, 11) is 0.454. The first-order chi connectivity index (χ1) is 7.73. The average Bonchev–Trinajstić information content (AvgIpc) is 2.66. The van der Waals surface area contributed by atoms with Crippen molar-refractivity contribution in [2.45, 2.75) is 18.9 Å². The van der Waals surface area contributed by atoms with Crippen LogP contribution in [0.25, 0.3) is 0 Å². The lowest BCUT2D eigenvalue weighted by molar-refractivity contribution is 0.242. The quantitative estimate of drug-likeness (QED) is 0.770. The van der Waals surface area contributed by atoms with Crippen LogP contribution in [0.4, 0.5) is 0 Å². The number of nitrogens with zero attached hydrogens (tertiary/aromatic N) is 2. The molecule has 6 nitrogen and oxygen atoms in total. The maximum atomic E-state index is 11.8. The van der Waals surface area contributed by atoms with Gasteiger partial charge in [0.1, 0.15) is 0 Å². The average molecular weight is 260 g/mol. The zero-order valence-electron chi connectivity index (χ0n) is 10.7. The molecule has 17 heavy (non-hydrogen) atoms. The predicted molar refractivity (Wildman–Crippen MR) is 66.1 cm³/mol. The third-order valence-electron chi connectivity index (χ3n) is 2.25. The number of hydrogen-bond donors (Lipinski definition) is 2. The van der Waals surface area contributed by atoms with Crippen LogP contribution in [0.2, 0.25) is 0 Å². The molecule has 0 spiro atoms. The Morgan fingerprint density at radius 2 is 2.12 bits per heavy atom. The van der Waals surface area contributed by atoms with Crippen molar-refractivity contribution < 1.29 is 8.42 Å². The highest BCUT2D eigenvalue weighted by Gasteiger charge is 2.23. The summed E-state index contributed by atoms with van der Waals surface area (Å²) in [5, 5.41) is 6.17. The second-order valence-electron chi connectivity index (χ2n) is 5.15. The van der Waals surface area contributed by atoms with Crippen LogP contribution in [0, 0.1) is 5.41 Å². The first-order valence-electron chi connectivity index (χ1n) is 5.37. The van der Waals surface area contributed by atoms with Gasteiger partial charge in [0.05, 0.1) is 6.20 Å². The minimum absolute atomic E-state index is 0.0955. The summed E-state index contributed by atoms with van der Waals surface area (Å²) >= 11 is 0. The molecule has 0 saturated heterocycles. The summed E-state index contributed by atoms with van der Waals surface area (Å²) in [5.74, 6) is 0. The molecule has 1 rings (SSSR count). The first-order valence-corrected chi connectivity index (χ1v) is 6.85. The smallest absolute Gasteiger partial charge is 0.257 e. The highest BCUT2D eigenvalue weighted by Crippen LogP contribution is 2.15. The molecule has 0 aliphatic carbocycles. The number of H-pyrrole nitrogens is 1. The Kier molecular flexibility index (Phi) is 4.29. The lowest BCUT2D eigenvalue weighted by atomic mass is 9.93. The van der Waals surface area contributed by atoms with E-state index in [0.29, 0.717) is 6.54 Å². The Morgan fingerprint density at radius 3 is 2.59 bits per heavy atom. The second kappa shape index (κ2) is 5.16. The van der Waals surface area contributed by atoms with Crippen LogP contribution in [-0.4, -0.2) is 50.7 Å². The van der Waals surface area contributed by atoms with E-state index in [4.69, 9.17) is 0 Å². The van der Waals surface area contributed by atoms with Crippen molar-refractivity contribution >= 4 is 10.0 Å². The van der Waals surface area contributed by atoms with E-state index in [9.17, 15) is 8.42 Å². The standard InChI is InChI=1S/C10H20N4O2S/c1-10(2,8-14(3)4)7-12-17(15,16)9-5-6-11-13-9/h5-6,12H,7-8H2,1-4H3,(H,11,13). The van der Waals surface area contributed by atoms with Gasteiger partial charge in [0.2, 0.25) is 0 Å². The Labute approximate surface area is 102 Å². The van der Waals surface area contributed by atoms with Gasteiger partial charge in [0, 0.05) is 13.1 Å². The number of nitrogens with one attached hydrogen (secondary N) is 2. The number of rotatable bonds is 6. The van der Waals surface area contributed by atoms with Crippen LogP contribution in [-0.2, 0) is 10.0 Å². The molecular weight excluding hydrogens is 240 g/mol. The zero-order chi connectivity index (χ0) is 13.1. The van der Waals surface area contributed by atoms with Gasteiger partial charge in [-0.2, -0.15) is 5.10 Å². The van der Waals surface area contributed by atoms with Gasteiger partial charge in [-0.05, 0) is 25.6 Å². The van der Waals surface area contributed by atoms with E-state index in [2.05, 4.69) is 14.9 Å². The molecule has 0 unspecified atom stereocenters. The van der Waals surface area contributed by atoms with Crippen LogP contribution in [0.3, 0.4) is 0 Å². The van der Waals surface area contributed by atoms with Gasteiger partial charge in [-0.15, -0.1) is 0 Å². The summed E-state index contributed by atoms with van der Waals surface area (Å²) in [6, 6.07) is 1.43. The van der Waals surface area contributed by atoms with Gasteiger partial charge in [-0.25, -0.2) is 13.1 Å². The van der Waals surface area contributed by atoms with Crippen molar-refractivity contribution in [3.63, 3.8) is 0 Å². The van der Waals surface area contributed by atoms with Crippen molar-refractivity contribution in [1.29, 1.82) is 0 Å². The molecule has 0 radical (unpaired) electrons. The van der Waals surface area contributed by atoms with Crippen LogP contribution in [0.5, 0.6) is 0 Å². The fourth-order valence-corrected chi connectivity index (χ4v) is 2.82. The van der Waals surface area contributed by atoms with Crippen molar-refractivity contribution in [2.24, 2.45) is 5.41 Å². The van der Waals surface area contributed by atoms with E-state index >= 15 is 0 Å². The summed E-state index contributed by atoms with van der Waals surface area (Å²) in [5.41, 5.74) is -0.128. The van der Waals surface area contributed by atoms with Gasteiger partial charge >= 0.3 is 0 Å². The van der Waals surface area contributed by atoms with Crippen LogP contribution in [0.1, 0.15) is 13.8 Å². The van der Waals surface area contributed by atoms with E-state index < -0.39 is 10.0 Å². The normalized spacial score (nSPS) is 13.2. The molecule has 98 valence electrons. The molecule has 0 aromatic carbocycles. The fourth-order valence-electron chi connectivity index (χ4n) is 1.67. The van der Waals surface area contributed by atoms with Crippen LogP contribution < -0.4 is 4.72 Å². The summed E-state index contributed by atoms with van der Waals surface area (Å²) in [4.78, 5) is 2.03. The molecule has 0 bridgehead atoms. The van der Waals surface area contributed by atoms with Gasteiger partial charge in [0.15, 0.2) is 5.03 Å². The van der Waals surface area contributed by atoms with E-state index in [1.807, 2.05) is 32.8 Å². The molecule has 2 N–H and O–H groups in total. The molecular formula is C10H20N4O2S. The third kappa shape index (κ3) is 4.45. The lowest BCUT2D eigenvalue weighted by Gasteiger charge is -2.28. The Bertz CT molecular complexity index is 437. The van der Waals surface area contributed by atoms with E-state index in [1.165, 1.54) is 12.3 Å². The molecule has 0 fully saturated rings. The van der Waals surface area contributed by atoms with Crippen molar-refractivity contribution in [1.82, 2.24) is 19.8 Å². The largest absolute Gasteiger partial charge is 0.309 e. The van der Waals surface area contributed by atoms with Crippen LogP contribution >= 0.6 is 0 Å². The summed E-state index contributed by atoms with van der Waals surface area (Å²) in [6.45, 7) is 5.22. The number of sulfonamides is 1. The highest BCUT2D eigenvalue weighted by molar-refractivity contribution is 7.89. The number of aromatic amines is 1. The highest BCUT2D eigenvalue weighted by atomic mass is 32.2. The van der Waals surface area contributed by atoms with Crippen molar-refractivity contribution in [3.05, 3.63) is 12.3 Å². The fraction of sp³-hybridized carbons (Fsp3) is 0.700. The minimum atomic E-state index is -3.47. The molecule has 7 heteroatoms. The molecule has 1 aromatic heterocycles. The lowest BCUT2D eigenvalue weighted by Crippen LogP contribution is -2.40. The molecule has 0 aliphatic rings. The summed E-state index contributed by atoms with van der Waals surface area (Å²) < 4.78 is 26.2. The molecule has 0 aliphatic heterocycles. The van der Waals surface area contributed by atoms with Crippen LogP contribution in [0.15, 0.2) is 17.3 Å². The monoisotopic (exact) mass is 260 g/mol. The molecule has 0 atom stereocenters. The molecule has 0 amide bonds. The van der Waals surface area contributed by atoms with Gasteiger partial charge in [-0.3, -0.25) is 5.10 Å². The zero-order valence-corrected chi connectivity index (χ0v) is 11.5. The number of hydrogen-bond acceptors (Lipinski definition) is 4. The first kappa shape index (κ1) is 14.1. The van der Waals surface area contributed by atoms with Gasteiger partial charge < -0.3 is 4.90 Å².